The van der Waals surface area contributed by atoms with E-state index in [0.29, 0.717) is 5.57 Å². The van der Waals surface area contributed by atoms with E-state index < -0.39 is 5.97 Å². The highest BCUT2D eigenvalue weighted by molar-refractivity contribution is 8.13. The Labute approximate surface area is 86.5 Å². The molecule has 0 radical (unpaired) electrons. The predicted molar refractivity (Wildman–Crippen MR) is 56.6 cm³/mol. The summed E-state index contributed by atoms with van der Waals surface area (Å²) in [5.41, 5.74) is 3.11. The first-order valence-electron chi connectivity index (χ1n) is 4.45. The average Bonchev–Trinajstić information content (AvgIpc) is 2.40. The molecule has 76 valence electrons. The Morgan fingerprint density at radius 1 is 1.57 bits per heavy atom. The smallest absolute Gasteiger partial charge is 0.333 e. The van der Waals surface area contributed by atoms with Crippen molar-refractivity contribution in [3.63, 3.8) is 0 Å². The zero-order valence-corrected chi connectivity index (χ0v) is 8.84. The van der Waals surface area contributed by atoms with Gasteiger partial charge in [-0.25, -0.2) is 4.79 Å². The van der Waals surface area contributed by atoms with Crippen molar-refractivity contribution in [1.82, 2.24) is 5.32 Å². The van der Waals surface area contributed by atoms with Crippen molar-refractivity contribution in [2.24, 2.45) is 4.99 Å². The summed E-state index contributed by atoms with van der Waals surface area (Å²) in [6, 6.07) is 0.00903. The molecular formula is C9H12N2O2S. The molecule has 0 saturated carbocycles. The number of hydrogen-bond acceptors (Lipinski definition) is 4. The number of aliphatic carboxylic acids is 1. The van der Waals surface area contributed by atoms with Gasteiger partial charge in [-0.2, -0.15) is 0 Å². The molecule has 0 aromatic carbocycles. The van der Waals surface area contributed by atoms with Crippen LogP contribution in [0.25, 0.3) is 0 Å². The fourth-order valence-corrected chi connectivity index (χ4v) is 2.75. The Morgan fingerprint density at radius 3 is 2.79 bits per heavy atom. The number of carbonyl (C=O) groups is 1. The predicted octanol–water partition coefficient (Wildman–Crippen LogP) is 0.849. The molecule has 4 nitrogen and oxygen atoms in total. The molecule has 2 aliphatic heterocycles. The van der Waals surface area contributed by atoms with Crippen molar-refractivity contribution in [3.8, 4) is 0 Å². The molecule has 0 spiro atoms. The highest BCUT2D eigenvalue weighted by Gasteiger charge is 2.46. The van der Waals surface area contributed by atoms with Gasteiger partial charge in [-0.1, -0.05) is 17.3 Å². The van der Waals surface area contributed by atoms with Crippen LogP contribution in [0.5, 0.6) is 0 Å². The van der Waals surface area contributed by atoms with Crippen LogP contribution in [-0.4, -0.2) is 34.1 Å². The van der Waals surface area contributed by atoms with Crippen molar-refractivity contribution >= 4 is 23.3 Å². The molecule has 2 aliphatic rings. The van der Waals surface area contributed by atoms with Crippen molar-refractivity contribution < 1.29 is 9.90 Å². The Balaban J connectivity index is 2.19. The van der Waals surface area contributed by atoms with E-state index in [-0.39, 0.29) is 17.5 Å². The van der Waals surface area contributed by atoms with Crippen LogP contribution >= 0.6 is 11.8 Å². The number of carboxylic acids is 1. The molecule has 5 heteroatoms. The third-order valence-electron chi connectivity index (χ3n) is 2.52. The Bertz CT molecular complexity index is 334. The number of rotatable bonds is 2. The second-order valence-corrected chi connectivity index (χ2v) is 4.66. The normalized spacial score (nSPS) is 33.4. The van der Waals surface area contributed by atoms with E-state index >= 15 is 0 Å². The molecule has 0 amide bonds. The van der Waals surface area contributed by atoms with E-state index in [9.17, 15) is 4.79 Å². The lowest BCUT2D eigenvalue weighted by Gasteiger charge is -2.40. The Kier molecular flexibility index (Phi) is 2.36. The van der Waals surface area contributed by atoms with Crippen LogP contribution in [0.4, 0.5) is 0 Å². The third-order valence-corrected chi connectivity index (χ3v) is 3.47. The molecule has 14 heavy (non-hydrogen) atoms. The van der Waals surface area contributed by atoms with Crippen LogP contribution in [0.15, 0.2) is 16.1 Å². The van der Waals surface area contributed by atoms with Gasteiger partial charge < -0.3 is 5.11 Å². The van der Waals surface area contributed by atoms with E-state index in [0.717, 1.165) is 5.57 Å². The fraction of sp³-hybridized carbons (Fsp3) is 0.556. The summed E-state index contributed by atoms with van der Waals surface area (Å²) in [5, 5.41) is 12.5. The molecule has 0 bridgehead atoms. The second-order valence-electron chi connectivity index (χ2n) is 3.66. The Hall–Kier alpha value is -0.810. The molecule has 3 unspecified atom stereocenters. The SMILES string of the molecule is CC(C)=C(C(=O)O)C1NC2SC=NC21. The molecule has 2 N–H and O–H groups in total. The topological polar surface area (TPSA) is 61.7 Å². The van der Waals surface area contributed by atoms with Gasteiger partial charge in [-0.3, -0.25) is 10.3 Å². The van der Waals surface area contributed by atoms with Gasteiger partial charge in [0, 0.05) is 0 Å². The molecule has 1 fully saturated rings. The summed E-state index contributed by atoms with van der Waals surface area (Å²) in [6.07, 6.45) is 0. The van der Waals surface area contributed by atoms with Crippen LogP contribution in [0.1, 0.15) is 13.8 Å². The third kappa shape index (κ3) is 1.36. The first-order valence-corrected chi connectivity index (χ1v) is 5.39. The quantitative estimate of drug-likeness (QED) is 0.666. The maximum Gasteiger partial charge on any atom is 0.333 e. The van der Waals surface area contributed by atoms with Crippen molar-refractivity contribution in [3.05, 3.63) is 11.1 Å². The largest absolute Gasteiger partial charge is 0.478 e. The zero-order chi connectivity index (χ0) is 10.3. The number of fused-ring (bicyclic) bond motifs is 1. The van der Waals surface area contributed by atoms with Crippen molar-refractivity contribution in [2.75, 3.05) is 0 Å². The monoisotopic (exact) mass is 212 g/mol. The van der Waals surface area contributed by atoms with E-state index in [1.54, 1.807) is 17.3 Å². The fourth-order valence-electron chi connectivity index (χ4n) is 1.80. The molecule has 2 rings (SSSR count). The maximum absolute atomic E-state index is 11.0. The Morgan fingerprint density at radius 2 is 2.29 bits per heavy atom. The van der Waals surface area contributed by atoms with Crippen LogP contribution < -0.4 is 5.32 Å². The number of nitrogens with one attached hydrogen (secondary N) is 1. The number of hydrogen-bond donors (Lipinski definition) is 2. The first-order chi connectivity index (χ1) is 6.61. The number of allylic oxidation sites excluding steroid dienone is 1. The van der Waals surface area contributed by atoms with Gasteiger partial charge in [-0.05, 0) is 13.8 Å². The summed E-state index contributed by atoms with van der Waals surface area (Å²) in [7, 11) is 0. The van der Waals surface area contributed by atoms with Gasteiger partial charge in [0.05, 0.1) is 28.6 Å². The molecule has 0 aromatic heterocycles. The molecule has 0 aliphatic carbocycles. The minimum Gasteiger partial charge on any atom is -0.478 e. The number of carboxylic acid groups (broad SMARTS) is 1. The highest BCUT2D eigenvalue weighted by Crippen LogP contribution is 2.34. The van der Waals surface area contributed by atoms with Gasteiger partial charge in [0.1, 0.15) is 0 Å². The summed E-state index contributed by atoms with van der Waals surface area (Å²) < 4.78 is 0. The van der Waals surface area contributed by atoms with Gasteiger partial charge in [0.15, 0.2) is 0 Å². The van der Waals surface area contributed by atoms with E-state index in [1.807, 2.05) is 13.8 Å². The molecular weight excluding hydrogens is 200 g/mol. The number of aliphatic imine (C=N–C) groups is 1. The van der Waals surface area contributed by atoms with Gasteiger partial charge >= 0.3 is 5.97 Å². The van der Waals surface area contributed by atoms with Gasteiger partial charge in [0.25, 0.3) is 0 Å². The van der Waals surface area contributed by atoms with Crippen molar-refractivity contribution in [2.45, 2.75) is 31.3 Å². The first kappa shape index (κ1) is 9.73. The molecule has 0 aromatic rings. The van der Waals surface area contributed by atoms with Crippen LogP contribution in [0, 0.1) is 0 Å². The van der Waals surface area contributed by atoms with Crippen LogP contribution in [-0.2, 0) is 4.79 Å². The minimum absolute atomic E-state index is 0.103. The molecule has 3 atom stereocenters. The standard InChI is InChI=1S/C9H12N2O2S/c1-4(2)5(9(12)13)6-7-8(11-6)14-3-10-7/h3,6-8,11H,1-2H3,(H,12,13). The van der Waals surface area contributed by atoms with Gasteiger partial charge in [0.2, 0.25) is 0 Å². The van der Waals surface area contributed by atoms with E-state index in [4.69, 9.17) is 5.11 Å². The van der Waals surface area contributed by atoms with Crippen LogP contribution in [0.3, 0.4) is 0 Å². The van der Waals surface area contributed by atoms with Crippen molar-refractivity contribution in [1.29, 1.82) is 0 Å². The molecule has 1 saturated heterocycles. The second kappa shape index (κ2) is 3.40. The lowest BCUT2D eigenvalue weighted by atomic mass is 9.90. The molecule has 2 heterocycles. The van der Waals surface area contributed by atoms with Crippen LogP contribution in [0.2, 0.25) is 0 Å². The summed E-state index contributed by atoms with van der Waals surface area (Å²) >= 11 is 1.62. The zero-order valence-electron chi connectivity index (χ0n) is 8.02. The minimum atomic E-state index is -0.840. The van der Waals surface area contributed by atoms with E-state index in [2.05, 4.69) is 10.3 Å². The number of nitrogens with zero attached hydrogens (tertiary/aromatic N) is 1. The lowest BCUT2D eigenvalue weighted by molar-refractivity contribution is -0.133. The lowest BCUT2D eigenvalue weighted by Crippen LogP contribution is -2.63. The van der Waals surface area contributed by atoms with Gasteiger partial charge in [-0.15, -0.1) is 0 Å². The number of thioether (sulfide) groups is 1. The summed E-state index contributed by atoms with van der Waals surface area (Å²) in [5.74, 6) is -0.840. The summed E-state index contributed by atoms with van der Waals surface area (Å²) in [6.45, 7) is 3.65. The maximum atomic E-state index is 11.0. The van der Waals surface area contributed by atoms with E-state index in [1.165, 1.54) is 0 Å². The average molecular weight is 212 g/mol. The summed E-state index contributed by atoms with van der Waals surface area (Å²) in [4.78, 5) is 15.3. The highest BCUT2D eigenvalue weighted by atomic mass is 32.2.